The third kappa shape index (κ3) is 6.20. The number of carboxylic acid groups (broad SMARTS) is 1. The number of aryl methyl sites for hydroxylation is 1. The molecule has 6 rings (SSSR count). The van der Waals surface area contributed by atoms with Gasteiger partial charge in [-0.3, -0.25) is 14.4 Å². The first-order valence-electron chi connectivity index (χ1n) is 20.1. The van der Waals surface area contributed by atoms with Crippen molar-refractivity contribution in [2.45, 2.75) is 152 Å². The van der Waals surface area contributed by atoms with Crippen LogP contribution >= 0.6 is 0 Å². The van der Waals surface area contributed by atoms with Crippen molar-refractivity contribution in [3.8, 4) is 0 Å². The lowest BCUT2D eigenvalue weighted by atomic mass is 9.32. The van der Waals surface area contributed by atoms with Crippen LogP contribution in [0.5, 0.6) is 0 Å². The Bertz CT molecular complexity index is 1540. The van der Waals surface area contributed by atoms with Crippen LogP contribution in [0.15, 0.2) is 36.4 Å². The first-order valence-corrected chi connectivity index (χ1v) is 20.1. The molecule has 0 bridgehead atoms. The van der Waals surface area contributed by atoms with Crippen LogP contribution in [0.3, 0.4) is 0 Å². The third-order valence-electron chi connectivity index (χ3n) is 16.6. The summed E-state index contributed by atoms with van der Waals surface area (Å²) in [5.41, 5.74) is 2.93. The maximum absolute atomic E-state index is 14.5. The van der Waals surface area contributed by atoms with E-state index in [0.29, 0.717) is 36.1 Å². The molecular weight excluding hydrogens is 634 g/mol. The number of esters is 1. The number of aliphatic carboxylic acids is 1. The smallest absolute Gasteiger partial charge is 0.306 e. The quantitative estimate of drug-likeness (QED) is 0.198. The van der Waals surface area contributed by atoms with Gasteiger partial charge < -0.3 is 15.2 Å². The normalized spacial score (nSPS) is 39.8. The maximum Gasteiger partial charge on any atom is 0.306 e. The molecule has 6 nitrogen and oxygen atoms in total. The van der Waals surface area contributed by atoms with Gasteiger partial charge in [0.15, 0.2) is 0 Å². The van der Waals surface area contributed by atoms with Crippen LogP contribution in [0.1, 0.15) is 144 Å². The highest BCUT2D eigenvalue weighted by molar-refractivity contribution is 5.84. The largest absolute Gasteiger partial charge is 0.481 e. The van der Waals surface area contributed by atoms with E-state index in [1.807, 2.05) is 13.8 Å². The van der Waals surface area contributed by atoms with Crippen LogP contribution in [-0.2, 0) is 25.7 Å². The van der Waals surface area contributed by atoms with Crippen molar-refractivity contribution in [2.75, 3.05) is 0 Å². The first-order chi connectivity index (χ1) is 23.7. The lowest BCUT2D eigenvalue weighted by molar-refractivity contribution is -0.249. The summed E-state index contributed by atoms with van der Waals surface area (Å²) in [7, 11) is 0. The number of hydrogen-bond donors (Lipinski definition) is 2. The zero-order valence-corrected chi connectivity index (χ0v) is 33.3. The molecule has 0 aromatic heterocycles. The SMILES string of the molecule is C=C(C)[C@@H]1CC[C@]2(C(=O)NCc3ccc(C)cc3)CC[C@]3(C)[C@H](CC[C@@H]4[C@@]5(C)CC[C@H](OC(=O)CC(C)(C)CC(=O)O)C(C)(C)C5CC[C@]43C)C12. The van der Waals surface area contributed by atoms with E-state index in [-0.39, 0.29) is 57.9 Å². The number of carbonyl (C=O) groups excluding carboxylic acids is 2. The molecule has 282 valence electrons. The minimum atomic E-state index is -0.886. The average molecular weight is 702 g/mol. The predicted molar refractivity (Wildman–Crippen MR) is 203 cm³/mol. The fourth-order valence-electron chi connectivity index (χ4n) is 13.8. The lowest BCUT2D eigenvalue weighted by Gasteiger charge is -2.72. The Balaban J connectivity index is 1.23. The fraction of sp³-hybridized carbons (Fsp3) is 0.756. The molecule has 0 spiro atoms. The van der Waals surface area contributed by atoms with Gasteiger partial charge in [0, 0.05) is 12.0 Å². The summed E-state index contributed by atoms with van der Waals surface area (Å²) < 4.78 is 6.28. The van der Waals surface area contributed by atoms with Crippen LogP contribution in [0.2, 0.25) is 0 Å². The summed E-state index contributed by atoms with van der Waals surface area (Å²) >= 11 is 0. The minimum absolute atomic E-state index is 0.0515. The summed E-state index contributed by atoms with van der Waals surface area (Å²) in [4.78, 5) is 39.1. The van der Waals surface area contributed by atoms with Crippen LogP contribution in [0, 0.1) is 69.0 Å². The second-order valence-electron chi connectivity index (χ2n) is 20.3. The highest BCUT2D eigenvalue weighted by atomic mass is 16.5. The second-order valence-corrected chi connectivity index (χ2v) is 20.3. The molecule has 5 aliphatic rings. The summed E-state index contributed by atoms with van der Waals surface area (Å²) in [5, 5.41) is 12.8. The monoisotopic (exact) mass is 702 g/mol. The van der Waals surface area contributed by atoms with Gasteiger partial charge in [0.2, 0.25) is 5.91 Å². The van der Waals surface area contributed by atoms with Gasteiger partial charge in [0.25, 0.3) is 0 Å². The van der Waals surface area contributed by atoms with Crippen molar-refractivity contribution in [1.82, 2.24) is 5.32 Å². The zero-order valence-electron chi connectivity index (χ0n) is 33.3. The Kier molecular flexibility index (Phi) is 9.75. The van der Waals surface area contributed by atoms with E-state index in [9.17, 15) is 19.5 Å². The van der Waals surface area contributed by atoms with Gasteiger partial charge in [-0.15, -0.1) is 0 Å². The molecule has 1 amide bonds. The number of rotatable bonds is 9. The molecule has 5 aliphatic carbocycles. The van der Waals surface area contributed by atoms with Crippen LogP contribution < -0.4 is 5.32 Å². The number of carboxylic acids is 1. The van der Waals surface area contributed by atoms with E-state index < -0.39 is 11.4 Å². The van der Waals surface area contributed by atoms with Gasteiger partial charge in [-0.1, -0.05) is 90.4 Å². The summed E-state index contributed by atoms with van der Waals surface area (Å²) in [6.07, 6.45) is 10.5. The number of benzene rings is 1. The summed E-state index contributed by atoms with van der Waals surface area (Å²) in [6.45, 7) is 25.5. The van der Waals surface area contributed by atoms with Crippen LogP contribution in [0.25, 0.3) is 0 Å². The fourth-order valence-corrected chi connectivity index (χ4v) is 13.8. The van der Waals surface area contributed by atoms with Gasteiger partial charge in [-0.25, -0.2) is 0 Å². The Morgan fingerprint density at radius 3 is 2.20 bits per heavy atom. The Morgan fingerprint density at radius 2 is 1.55 bits per heavy atom. The number of fused-ring (bicyclic) bond motifs is 7. The molecule has 0 saturated heterocycles. The molecule has 0 radical (unpaired) electrons. The first kappa shape index (κ1) is 38.1. The number of allylic oxidation sites excluding steroid dienone is 1. The van der Waals surface area contributed by atoms with Crippen molar-refractivity contribution in [1.29, 1.82) is 0 Å². The van der Waals surface area contributed by atoms with E-state index in [1.54, 1.807) is 0 Å². The van der Waals surface area contributed by atoms with Crippen LogP contribution in [-0.4, -0.2) is 29.1 Å². The minimum Gasteiger partial charge on any atom is -0.481 e. The molecule has 5 saturated carbocycles. The molecule has 0 aliphatic heterocycles. The third-order valence-corrected chi connectivity index (χ3v) is 16.6. The molecule has 2 unspecified atom stereocenters. The predicted octanol–water partition coefficient (Wildman–Crippen LogP) is 10.1. The van der Waals surface area contributed by atoms with Gasteiger partial charge >= 0.3 is 11.9 Å². The van der Waals surface area contributed by atoms with Gasteiger partial charge in [-0.2, -0.15) is 0 Å². The van der Waals surface area contributed by atoms with Crippen LogP contribution in [0.4, 0.5) is 0 Å². The molecule has 1 aromatic rings. The summed E-state index contributed by atoms with van der Waals surface area (Å²) in [5.74, 6) is 1.32. The number of amides is 1. The van der Waals surface area contributed by atoms with Gasteiger partial charge in [0.1, 0.15) is 6.10 Å². The Labute approximate surface area is 308 Å². The number of carbonyl (C=O) groups is 3. The van der Waals surface area contributed by atoms with E-state index in [0.717, 1.165) is 63.4 Å². The van der Waals surface area contributed by atoms with Crippen molar-refractivity contribution >= 4 is 17.8 Å². The molecule has 1 aromatic carbocycles. The maximum atomic E-state index is 14.5. The average Bonchev–Trinajstić information content (AvgIpc) is 3.43. The number of nitrogens with one attached hydrogen (secondary N) is 1. The van der Waals surface area contributed by atoms with E-state index in [1.165, 1.54) is 17.6 Å². The van der Waals surface area contributed by atoms with E-state index in [2.05, 4.69) is 84.6 Å². The number of ether oxygens (including phenoxy) is 1. The molecule has 10 atom stereocenters. The van der Waals surface area contributed by atoms with Crippen molar-refractivity contribution in [3.05, 3.63) is 47.5 Å². The van der Waals surface area contributed by atoms with Gasteiger partial charge in [0.05, 0.1) is 18.3 Å². The highest BCUT2D eigenvalue weighted by Gasteiger charge is 2.72. The van der Waals surface area contributed by atoms with E-state index in [4.69, 9.17) is 4.74 Å². The van der Waals surface area contributed by atoms with Crippen molar-refractivity contribution < 1.29 is 24.2 Å². The molecule has 2 N–H and O–H groups in total. The Hall–Kier alpha value is -2.63. The summed E-state index contributed by atoms with van der Waals surface area (Å²) in [6, 6.07) is 8.52. The molecule has 0 heterocycles. The standard InChI is InChI=1S/C45H67NO5/c1-28(2)31-17-22-45(39(50)46-27-30-13-11-29(3)12-14-30)24-23-43(9)32(38(31)45)15-16-34-42(8)20-19-35(41(6,7)33(42)18-21-44(34,43)10)51-37(49)26-40(4,5)25-36(47)48/h11-14,31-35,38H,1,15-27H2,2-10H3,(H,46,50)(H,47,48)/t31-,32+,33?,34+,35-,38?,42-,43+,44+,45-/m0/s1. The van der Waals surface area contributed by atoms with Crippen molar-refractivity contribution in [2.24, 2.45) is 62.1 Å². The highest BCUT2D eigenvalue weighted by Crippen LogP contribution is 2.77. The molecule has 6 heteroatoms. The lowest BCUT2D eigenvalue weighted by Crippen LogP contribution is -2.67. The molecule has 5 fully saturated rings. The number of hydrogen-bond acceptors (Lipinski definition) is 4. The van der Waals surface area contributed by atoms with Gasteiger partial charge in [-0.05, 0) is 135 Å². The molecule has 51 heavy (non-hydrogen) atoms. The van der Waals surface area contributed by atoms with E-state index >= 15 is 0 Å². The second kappa shape index (κ2) is 13.0. The molecular formula is C45H67NO5. The van der Waals surface area contributed by atoms with Crippen molar-refractivity contribution in [3.63, 3.8) is 0 Å². The Morgan fingerprint density at radius 1 is 0.863 bits per heavy atom. The topological polar surface area (TPSA) is 92.7 Å². The zero-order chi connectivity index (χ0) is 37.4.